The number of ether oxygens (including phenoxy) is 1. The van der Waals surface area contributed by atoms with Crippen LogP contribution in [0, 0.1) is 0 Å². The number of aromatic amines is 1. The number of aliphatic hydroxyl groups excluding tert-OH is 2. The second kappa shape index (κ2) is 4.52. The highest BCUT2D eigenvalue weighted by molar-refractivity contribution is 6.38. The summed E-state index contributed by atoms with van der Waals surface area (Å²) >= 11 is 0. The number of allylic oxidation sites excluding steroid dienone is 2. The van der Waals surface area contributed by atoms with Gasteiger partial charge in [0.1, 0.15) is 5.75 Å². The molecule has 106 valence electrons. The highest BCUT2D eigenvalue weighted by Gasteiger charge is 2.30. The number of fused-ring (bicyclic) bond motifs is 1. The lowest BCUT2D eigenvalue weighted by atomic mass is 9.93. The summed E-state index contributed by atoms with van der Waals surface area (Å²) in [4.78, 5) is 26.6. The van der Waals surface area contributed by atoms with E-state index in [1.54, 1.807) is 18.2 Å². The number of carbonyl (C=O) groups excluding carboxylic acids is 2. The van der Waals surface area contributed by atoms with Crippen LogP contribution < -0.4 is 4.74 Å². The number of ketones is 2. The largest absolute Gasteiger partial charge is 0.504 e. The van der Waals surface area contributed by atoms with Gasteiger partial charge in [0.05, 0.1) is 12.7 Å². The van der Waals surface area contributed by atoms with Gasteiger partial charge in [-0.25, -0.2) is 0 Å². The predicted molar refractivity (Wildman–Crippen MR) is 75.1 cm³/mol. The van der Waals surface area contributed by atoms with E-state index in [0.717, 1.165) is 0 Å². The van der Waals surface area contributed by atoms with Gasteiger partial charge >= 0.3 is 0 Å². The number of carbonyl (C=O) groups is 2. The molecule has 2 aromatic rings. The molecule has 0 radical (unpaired) electrons. The van der Waals surface area contributed by atoms with Gasteiger partial charge in [-0.2, -0.15) is 0 Å². The van der Waals surface area contributed by atoms with Crippen molar-refractivity contribution in [3.8, 4) is 5.75 Å². The Balaban J connectivity index is 2.27. The Morgan fingerprint density at radius 3 is 2.67 bits per heavy atom. The molecule has 3 rings (SSSR count). The van der Waals surface area contributed by atoms with Gasteiger partial charge in [0.25, 0.3) is 0 Å². The van der Waals surface area contributed by atoms with E-state index in [-0.39, 0.29) is 5.57 Å². The lowest BCUT2D eigenvalue weighted by Crippen LogP contribution is -2.18. The maximum Gasteiger partial charge on any atom is 0.231 e. The number of methoxy groups -OCH3 is 1. The Bertz CT molecular complexity index is 841. The number of aromatic nitrogens is 1. The fourth-order valence-corrected chi connectivity index (χ4v) is 2.30. The molecule has 0 fully saturated rings. The number of benzene rings is 1. The number of hydrogen-bond acceptors (Lipinski definition) is 5. The molecule has 0 saturated heterocycles. The highest BCUT2D eigenvalue weighted by Crippen LogP contribution is 2.33. The molecule has 0 bridgehead atoms. The molecule has 0 aliphatic heterocycles. The number of nitrogens with one attached hydrogen (secondary N) is 1. The molecule has 6 nitrogen and oxygen atoms in total. The van der Waals surface area contributed by atoms with Crippen molar-refractivity contribution >= 4 is 28.0 Å². The van der Waals surface area contributed by atoms with Crippen LogP contribution in [0.1, 0.15) is 5.56 Å². The van der Waals surface area contributed by atoms with Gasteiger partial charge < -0.3 is 19.9 Å². The molecule has 0 unspecified atom stereocenters. The molecule has 1 aromatic carbocycles. The number of aliphatic hydroxyl groups is 2. The average Bonchev–Trinajstić information content (AvgIpc) is 2.88. The topological polar surface area (TPSA) is 99.6 Å². The molecule has 0 saturated carbocycles. The van der Waals surface area contributed by atoms with Gasteiger partial charge in [0, 0.05) is 28.7 Å². The summed E-state index contributed by atoms with van der Waals surface area (Å²) in [5, 5.41) is 20.0. The second-order valence-corrected chi connectivity index (χ2v) is 4.56. The number of H-pyrrole nitrogens is 1. The quantitative estimate of drug-likeness (QED) is 0.733. The van der Waals surface area contributed by atoms with E-state index in [2.05, 4.69) is 4.98 Å². The van der Waals surface area contributed by atoms with Crippen LogP contribution in [0.5, 0.6) is 5.75 Å². The average molecular weight is 285 g/mol. The van der Waals surface area contributed by atoms with Gasteiger partial charge in [-0.15, -0.1) is 0 Å². The third-order valence-electron chi connectivity index (χ3n) is 3.36. The predicted octanol–water partition coefficient (Wildman–Crippen LogP) is 2.04. The summed E-state index contributed by atoms with van der Waals surface area (Å²) in [7, 11) is 1.51. The first kappa shape index (κ1) is 13.0. The Labute approximate surface area is 119 Å². The van der Waals surface area contributed by atoms with Gasteiger partial charge in [-0.05, 0) is 18.2 Å². The first-order valence-corrected chi connectivity index (χ1v) is 6.11. The molecular formula is C15H11NO5. The molecule has 6 heteroatoms. The molecule has 3 N–H and O–H groups in total. The summed E-state index contributed by atoms with van der Waals surface area (Å²) in [6, 6.07) is 5.16. The smallest absolute Gasteiger partial charge is 0.231 e. The lowest BCUT2D eigenvalue weighted by molar-refractivity contribution is -0.117. The Kier molecular flexibility index (Phi) is 2.79. The monoisotopic (exact) mass is 285 g/mol. The fraction of sp³-hybridized carbons (Fsp3) is 0.0667. The van der Waals surface area contributed by atoms with Crippen molar-refractivity contribution in [2.45, 2.75) is 0 Å². The first-order valence-electron chi connectivity index (χ1n) is 6.11. The third-order valence-corrected chi connectivity index (χ3v) is 3.36. The van der Waals surface area contributed by atoms with Crippen molar-refractivity contribution in [1.82, 2.24) is 4.98 Å². The number of Topliss-reactive ketones (excluding diaryl/α,β-unsaturated/α-hetero) is 1. The van der Waals surface area contributed by atoms with Crippen molar-refractivity contribution < 1.29 is 24.5 Å². The van der Waals surface area contributed by atoms with E-state index >= 15 is 0 Å². The minimum absolute atomic E-state index is 0.223. The Morgan fingerprint density at radius 2 is 1.95 bits per heavy atom. The first-order chi connectivity index (χ1) is 10.0. The number of rotatable bonds is 2. The van der Waals surface area contributed by atoms with Crippen molar-refractivity contribution in [3.63, 3.8) is 0 Å². The molecule has 1 aromatic heterocycles. The van der Waals surface area contributed by atoms with E-state index in [9.17, 15) is 19.8 Å². The molecule has 0 atom stereocenters. The molecule has 1 aliphatic rings. The summed E-state index contributed by atoms with van der Waals surface area (Å²) < 4.78 is 5.12. The van der Waals surface area contributed by atoms with E-state index in [0.29, 0.717) is 28.3 Å². The van der Waals surface area contributed by atoms with Crippen LogP contribution in [0.3, 0.4) is 0 Å². The van der Waals surface area contributed by atoms with E-state index < -0.39 is 23.1 Å². The molecular weight excluding hydrogens is 274 g/mol. The van der Waals surface area contributed by atoms with Gasteiger partial charge in [0.2, 0.25) is 11.6 Å². The van der Waals surface area contributed by atoms with Crippen LogP contribution in [-0.2, 0) is 9.59 Å². The molecule has 0 amide bonds. The lowest BCUT2D eigenvalue weighted by Gasteiger charge is -2.12. The molecule has 0 spiro atoms. The van der Waals surface area contributed by atoms with Crippen LogP contribution in [0.4, 0.5) is 0 Å². The maximum atomic E-state index is 12.0. The SMILES string of the molecule is COc1ccc2[nH]cc(C3=C(O)C(=O)C=C(O)C3=O)c2c1. The zero-order valence-corrected chi connectivity index (χ0v) is 11.0. The van der Waals surface area contributed by atoms with Crippen molar-refractivity contribution in [3.05, 3.63) is 47.6 Å². The van der Waals surface area contributed by atoms with Gasteiger partial charge in [-0.3, -0.25) is 9.59 Å². The third kappa shape index (κ3) is 1.88. The summed E-state index contributed by atoms with van der Waals surface area (Å²) in [5.74, 6) is -2.40. The second-order valence-electron chi connectivity index (χ2n) is 4.56. The van der Waals surface area contributed by atoms with E-state index in [1.165, 1.54) is 13.3 Å². The zero-order valence-electron chi connectivity index (χ0n) is 11.0. The fourth-order valence-electron chi connectivity index (χ4n) is 2.30. The molecule has 21 heavy (non-hydrogen) atoms. The normalized spacial score (nSPS) is 15.6. The maximum absolute atomic E-state index is 12.0. The molecule has 1 heterocycles. The highest BCUT2D eigenvalue weighted by atomic mass is 16.5. The minimum Gasteiger partial charge on any atom is -0.504 e. The standard InChI is InChI=1S/C15H11NO5/c1-21-7-2-3-10-8(4-7)9(6-16-10)13-14(19)11(17)5-12(18)15(13)20/h2-6,16-17,20H,1H3. The molecule has 1 aliphatic carbocycles. The minimum atomic E-state index is -0.806. The summed E-state index contributed by atoms with van der Waals surface area (Å²) in [6.45, 7) is 0. The van der Waals surface area contributed by atoms with Crippen LogP contribution in [0.2, 0.25) is 0 Å². The Hall–Kier alpha value is -3.02. The van der Waals surface area contributed by atoms with Gasteiger partial charge in [0.15, 0.2) is 11.5 Å². The summed E-state index contributed by atoms with van der Waals surface area (Å²) in [5.41, 5.74) is 0.819. The zero-order chi connectivity index (χ0) is 15.1. The Morgan fingerprint density at radius 1 is 1.19 bits per heavy atom. The van der Waals surface area contributed by atoms with Crippen LogP contribution in [-0.4, -0.2) is 33.9 Å². The van der Waals surface area contributed by atoms with Crippen LogP contribution >= 0.6 is 0 Å². The van der Waals surface area contributed by atoms with Crippen molar-refractivity contribution in [2.24, 2.45) is 0 Å². The number of hydrogen-bond donors (Lipinski definition) is 3. The van der Waals surface area contributed by atoms with Crippen LogP contribution in [0.15, 0.2) is 42.0 Å². The summed E-state index contributed by atoms with van der Waals surface area (Å²) in [6.07, 6.45) is 2.20. The van der Waals surface area contributed by atoms with Crippen LogP contribution in [0.25, 0.3) is 16.5 Å². The van der Waals surface area contributed by atoms with Crippen molar-refractivity contribution in [1.29, 1.82) is 0 Å². The van der Waals surface area contributed by atoms with Gasteiger partial charge in [-0.1, -0.05) is 0 Å². The van der Waals surface area contributed by atoms with Crippen molar-refractivity contribution in [2.75, 3.05) is 7.11 Å². The van der Waals surface area contributed by atoms with E-state index in [4.69, 9.17) is 4.74 Å². The van der Waals surface area contributed by atoms with E-state index in [1.807, 2.05) is 0 Å².